The Labute approximate surface area is 144 Å². The molecule has 2 aromatic heterocycles. The number of pyridine rings is 2. The summed E-state index contributed by atoms with van der Waals surface area (Å²) in [5, 5.41) is 10.7. The van der Waals surface area contributed by atoms with E-state index in [1.807, 2.05) is 0 Å². The van der Waals surface area contributed by atoms with E-state index < -0.39 is 17.7 Å². The predicted molar refractivity (Wildman–Crippen MR) is 89.4 cm³/mol. The Morgan fingerprint density at radius 2 is 1.96 bits per heavy atom. The van der Waals surface area contributed by atoms with Gasteiger partial charge in [0.25, 0.3) is 11.7 Å². The first-order valence-electron chi connectivity index (χ1n) is 7.72. The molecule has 7 heteroatoms. The van der Waals surface area contributed by atoms with Gasteiger partial charge in [0.2, 0.25) is 0 Å². The molecule has 1 N–H and O–H groups in total. The van der Waals surface area contributed by atoms with Crippen molar-refractivity contribution >= 4 is 17.4 Å². The van der Waals surface area contributed by atoms with E-state index in [4.69, 9.17) is 4.74 Å². The van der Waals surface area contributed by atoms with E-state index in [0.29, 0.717) is 11.1 Å². The smallest absolute Gasteiger partial charge is 0.295 e. The zero-order chi connectivity index (χ0) is 17.8. The predicted octanol–water partition coefficient (Wildman–Crippen LogP) is 1.54. The zero-order valence-electron chi connectivity index (χ0n) is 13.6. The first-order valence-corrected chi connectivity index (χ1v) is 7.72. The van der Waals surface area contributed by atoms with E-state index >= 15 is 0 Å². The third kappa shape index (κ3) is 3.14. The highest BCUT2D eigenvalue weighted by atomic mass is 16.5. The third-order valence-electron chi connectivity index (χ3n) is 4.03. The number of ether oxygens (including phenoxy) is 1. The number of hydrogen-bond donors (Lipinski definition) is 1. The number of hydrogen-bond acceptors (Lipinski definition) is 6. The van der Waals surface area contributed by atoms with Gasteiger partial charge in [0, 0.05) is 44.0 Å². The fraction of sp³-hybridized carbons (Fsp3) is 0.222. The molecule has 128 valence electrons. The minimum absolute atomic E-state index is 0.0419. The van der Waals surface area contributed by atoms with Crippen LogP contribution >= 0.6 is 0 Å². The van der Waals surface area contributed by atoms with Gasteiger partial charge in [-0.25, -0.2) is 0 Å². The lowest BCUT2D eigenvalue weighted by atomic mass is 9.96. The quantitative estimate of drug-likeness (QED) is 0.505. The minimum Gasteiger partial charge on any atom is -0.507 e. The third-order valence-corrected chi connectivity index (χ3v) is 4.03. The van der Waals surface area contributed by atoms with Gasteiger partial charge in [-0.15, -0.1) is 0 Å². The first kappa shape index (κ1) is 16.8. The Morgan fingerprint density at radius 1 is 1.20 bits per heavy atom. The second kappa shape index (κ2) is 7.23. The summed E-state index contributed by atoms with van der Waals surface area (Å²) in [6.45, 7) is 0.507. The standard InChI is InChI=1S/C18H17N3O4/c1-25-10-9-21-15(13-3-2-6-20-11-13)14(17(23)18(21)24)16(22)12-4-7-19-8-5-12/h2-8,11,15,22H,9-10H2,1H3. The van der Waals surface area contributed by atoms with Crippen LogP contribution in [-0.2, 0) is 14.3 Å². The molecule has 25 heavy (non-hydrogen) atoms. The van der Waals surface area contributed by atoms with Gasteiger partial charge in [-0.05, 0) is 23.8 Å². The van der Waals surface area contributed by atoms with Crippen LogP contribution < -0.4 is 0 Å². The minimum atomic E-state index is -0.723. The van der Waals surface area contributed by atoms with Gasteiger partial charge in [0.1, 0.15) is 5.76 Å². The van der Waals surface area contributed by atoms with Crippen molar-refractivity contribution in [3.63, 3.8) is 0 Å². The lowest BCUT2D eigenvalue weighted by Gasteiger charge is -2.24. The van der Waals surface area contributed by atoms with Gasteiger partial charge in [0.15, 0.2) is 0 Å². The lowest BCUT2D eigenvalue weighted by Crippen LogP contribution is -2.32. The molecular weight excluding hydrogens is 322 g/mol. The highest BCUT2D eigenvalue weighted by Gasteiger charge is 2.45. The topological polar surface area (TPSA) is 92.6 Å². The van der Waals surface area contributed by atoms with Gasteiger partial charge >= 0.3 is 0 Å². The van der Waals surface area contributed by atoms with Crippen molar-refractivity contribution in [3.8, 4) is 0 Å². The second-order valence-electron chi connectivity index (χ2n) is 5.51. The van der Waals surface area contributed by atoms with Crippen molar-refractivity contribution in [3.05, 3.63) is 65.8 Å². The average Bonchev–Trinajstić information content (AvgIpc) is 2.91. The van der Waals surface area contributed by atoms with Gasteiger partial charge in [-0.1, -0.05) is 6.07 Å². The maximum absolute atomic E-state index is 12.6. The van der Waals surface area contributed by atoms with Gasteiger partial charge < -0.3 is 14.7 Å². The highest BCUT2D eigenvalue weighted by molar-refractivity contribution is 6.46. The maximum Gasteiger partial charge on any atom is 0.295 e. The Morgan fingerprint density at radius 3 is 2.60 bits per heavy atom. The van der Waals surface area contributed by atoms with E-state index in [9.17, 15) is 14.7 Å². The van der Waals surface area contributed by atoms with E-state index in [-0.39, 0.29) is 24.5 Å². The van der Waals surface area contributed by atoms with E-state index in [2.05, 4.69) is 9.97 Å². The van der Waals surface area contributed by atoms with Crippen LogP contribution in [0.4, 0.5) is 0 Å². The van der Waals surface area contributed by atoms with Crippen LogP contribution in [0.15, 0.2) is 54.6 Å². The van der Waals surface area contributed by atoms with Crippen molar-refractivity contribution in [1.29, 1.82) is 0 Å². The van der Waals surface area contributed by atoms with Crippen LogP contribution in [0, 0.1) is 0 Å². The number of methoxy groups -OCH3 is 1. The molecule has 0 bridgehead atoms. The summed E-state index contributed by atoms with van der Waals surface area (Å²) in [5.74, 6) is -1.62. The van der Waals surface area contributed by atoms with E-state index in [1.165, 1.54) is 24.4 Å². The number of Topliss-reactive ketones (excluding diaryl/α,β-unsaturated/α-hetero) is 1. The Bertz CT molecular complexity index is 806. The van der Waals surface area contributed by atoms with Gasteiger partial charge in [-0.2, -0.15) is 0 Å². The molecule has 1 saturated heterocycles. The summed E-state index contributed by atoms with van der Waals surface area (Å²) in [7, 11) is 1.52. The molecule has 1 fully saturated rings. The number of likely N-dealkylation sites (tertiary alicyclic amines) is 1. The molecule has 7 nitrogen and oxygen atoms in total. The molecule has 1 unspecified atom stereocenters. The zero-order valence-corrected chi connectivity index (χ0v) is 13.6. The largest absolute Gasteiger partial charge is 0.507 e. The number of rotatable bonds is 5. The van der Waals surface area contributed by atoms with Crippen LogP contribution in [0.3, 0.4) is 0 Å². The molecule has 1 amide bonds. The van der Waals surface area contributed by atoms with E-state index in [0.717, 1.165) is 0 Å². The van der Waals surface area contributed by atoms with Crippen molar-refractivity contribution in [2.24, 2.45) is 0 Å². The molecule has 3 heterocycles. The number of aliphatic hydroxyl groups is 1. The molecule has 0 spiro atoms. The molecule has 1 atom stereocenters. The molecule has 0 saturated carbocycles. The average molecular weight is 339 g/mol. The number of carbonyl (C=O) groups excluding carboxylic acids is 2. The Hall–Kier alpha value is -3.06. The Kier molecular flexibility index (Phi) is 4.85. The van der Waals surface area contributed by atoms with Crippen LogP contribution in [0.5, 0.6) is 0 Å². The summed E-state index contributed by atoms with van der Waals surface area (Å²) >= 11 is 0. The first-order chi connectivity index (χ1) is 12.1. The van der Waals surface area contributed by atoms with E-state index in [1.54, 1.807) is 36.7 Å². The molecule has 0 radical (unpaired) electrons. The summed E-state index contributed by atoms with van der Waals surface area (Å²) in [6, 6.07) is 5.94. The fourth-order valence-electron chi connectivity index (χ4n) is 2.85. The van der Waals surface area contributed by atoms with Crippen LogP contribution in [-0.4, -0.2) is 51.9 Å². The molecule has 0 aliphatic carbocycles. The number of aromatic nitrogens is 2. The molecule has 1 aliphatic heterocycles. The summed E-state index contributed by atoms with van der Waals surface area (Å²) in [4.78, 5) is 34.4. The van der Waals surface area contributed by atoms with Crippen LogP contribution in [0.25, 0.3) is 5.76 Å². The molecule has 1 aliphatic rings. The number of aliphatic hydroxyl groups excluding tert-OH is 1. The fourth-order valence-corrected chi connectivity index (χ4v) is 2.85. The Balaban J connectivity index is 2.14. The highest BCUT2D eigenvalue weighted by Crippen LogP contribution is 2.38. The van der Waals surface area contributed by atoms with Crippen molar-refractivity contribution in [2.75, 3.05) is 20.3 Å². The molecule has 2 aromatic rings. The normalized spacial score (nSPS) is 19.4. The van der Waals surface area contributed by atoms with Gasteiger partial charge in [0.05, 0.1) is 18.2 Å². The summed E-state index contributed by atoms with van der Waals surface area (Å²) < 4.78 is 5.04. The summed E-state index contributed by atoms with van der Waals surface area (Å²) in [5.41, 5.74) is 1.11. The van der Waals surface area contributed by atoms with Crippen molar-refractivity contribution in [1.82, 2.24) is 14.9 Å². The van der Waals surface area contributed by atoms with Gasteiger partial charge in [-0.3, -0.25) is 19.6 Å². The molecule has 3 rings (SSSR count). The van der Waals surface area contributed by atoms with Crippen molar-refractivity contribution < 1.29 is 19.4 Å². The lowest BCUT2D eigenvalue weighted by molar-refractivity contribution is -0.140. The second-order valence-corrected chi connectivity index (χ2v) is 5.51. The monoisotopic (exact) mass is 339 g/mol. The summed E-state index contributed by atoms with van der Waals surface area (Å²) in [6.07, 6.45) is 6.20. The number of carbonyl (C=O) groups is 2. The van der Waals surface area contributed by atoms with Crippen molar-refractivity contribution in [2.45, 2.75) is 6.04 Å². The SMILES string of the molecule is COCCN1C(=O)C(=O)C(=C(O)c2ccncc2)C1c1cccnc1. The molecule has 0 aromatic carbocycles. The maximum atomic E-state index is 12.6. The molecular formula is C18H17N3O4. The van der Waals surface area contributed by atoms with Crippen LogP contribution in [0.1, 0.15) is 17.2 Å². The number of ketones is 1. The number of amides is 1. The van der Waals surface area contributed by atoms with Crippen LogP contribution in [0.2, 0.25) is 0 Å². The number of nitrogens with zero attached hydrogens (tertiary/aromatic N) is 3.